The maximum Gasteiger partial charge on any atom is 0.243 e. The van der Waals surface area contributed by atoms with Crippen molar-refractivity contribution in [3.8, 4) is 0 Å². The van der Waals surface area contributed by atoms with E-state index in [1.165, 1.54) is 16.4 Å². The van der Waals surface area contributed by atoms with Gasteiger partial charge in [0, 0.05) is 25.2 Å². The van der Waals surface area contributed by atoms with Gasteiger partial charge < -0.3 is 5.73 Å². The van der Waals surface area contributed by atoms with Gasteiger partial charge in [0.1, 0.15) is 5.82 Å². The van der Waals surface area contributed by atoms with Gasteiger partial charge in [-0.1, -0.05) is 0 Å². The molecule has 2 unspecified atom stereocenters. The molecule has 2 rings (SSSR count). The molecule has 0 spiro atoms. The monoisotopic (exact) mass is 315 g/mol. The number of piperazine rings is 1. The highest BCUT2D eigenvalue weighted by molar-refractivity contribution is 7.89. The third-order valence-corrected chi connectivity index (χ3v) is 6.21. The summed E-state index contributed by atoms with van der Waals surface area (Å²) in [5, 5.41) is 0. The largest absolute Gasteiger partial charge is 0.396 e. The average Bonchev–Trinajstić information content (AvgIpc) is 2.39. The zero-order chi connectivity index (χ0) is 15.9. The van der Waals surface area contributed by atoms with Crippen molar-refractivity contribution in [1.82, 2.24) is 9.21 Å². The molecule has 1 aromatic carbocycles. The molecule has 0 saturated carbocycles. The molecule has 0 aromatic heterocycles. The van der Waals surface area contributed by atoms with Gasteiger partial charge in [-0.25, -0.2) is 12.8 Å². The van der Waals surface area contributed by atoms with E-state index in [9.17, 15) is 12.8 Å². The van der Waals surface area contributed by atoms with Gasteiger partial charge in [0.15, 0.2) is 0 Å². The van der Waals surface area contributed by atoms with E-state index in [0.717, 1.165) is 0 Å². The molecule has 1 aliphatic rings. The van der Waals surface area contributed by atoms with E-state index in [1.807, 2.05) is 20.9 Å². The van der Waals surface area contributed by atoms with Crippen LogP contribution in [0.25, 0.3) is 0 Å². The smallest absolute Gasteiger partial charge is 0.243 e. The molecule has 0 amide bonds. The summed E-state index contributed by atoms with van der Waals surface area (Å²) in [7, 11) is -1.67. The minimum absolute atomic E-state index is 0.0883. The Morgan fingerprint density at radius 3 is 2.29 bits per heavy atom. The number of benzene rings is 1. The Morgan fingerprint density at radius 2 is 1.76 bits per heavy atom. The molecule has 5 nitrogen and oxygen atoms in total. The molecule has 7 heteroatoms. The van der Waals surface area contributed by atoms with E-state index in [0.29, 0.717) is 18.7 Å². The van der Waals surface area contributed by atoms with Gasteiger partial charge in [0.2, 0.25) is 10.0 Å². The van der Waals surface area contributed by atoms with Crippen LogP contribution < -0.4 is 5.73 Å². The van der Waals surface area contributed by atoms with Crippen molar-refractivity contribution in [3.05, 3.63) is 23.5 Å². The number of hydrogen-bond acceptors (Lipinski definition) is 4. The van der Waals surface area contributed by atoms with E-state index < -0.39 is 15.8 Å². The predicted octanol–water partition coefficient (Wildman–Crippen LogP) is 1.43. The topological polar surface area (TPSA) is 66.6 Å². The van der Waals surface area contributed by atoms with Crippen LogP contribution in [0.2, 0.25) is 0 Å². The Hall–Kier alpha value is -1.18. The first-order valence-corrected chi connectivity index (χ1v) is 8.36. The number of hydrogen-bond donors (Lipinski definition) is 1. The summed E-state index contributed by atoms with van der Waals surface area (Å²) in [6, 6.07) is 2.64. The van der Waals surface area contributed by atoms with Crippen molar-refractivity contribution < 1.29 is 12.8 Å². The van der Waals surface area contributed by atoms with Crippen molar-refractivity contribution in [2.75, 3.05) is 25.9 Å². The number of aryl methyl sites for hydroxylation is 1. The SMILES string of the molecule is Cc1cc(F)c(N)cc1S(=O)(=O)N1CC(C)N(C)C(C)C1. The van der Waals surface area contributed by atoms with Crippen molar-refractivity contribution >= 4 is 15.7 Å². The van der Waals surface area contributed by atoms with Gasteiger partial charge in [0.05, 0.1) is 10.6 Å². The first-order valence-electron chi connectivity index (χ1n) is 6.92. The molecule has 1 fully saturated rings. The molecule has 2 N–H and O–H groups in total. The molecule has 1 heterocycles. The van der Waals surface area contributed by atoms with Crippen LogP contribution in [-0.4, -0.2) is 49.8 Å². The van der Waals surface area contributed by atoms with Crippen molar-refractivity contribution in [2.24, 2.45) is 0 Å². The van der Waals surface area contributed by atoms with Crippen LogP contribution in [0, 0.1) is 12.7 Å². The van der Waals surface area contributed by atoms with Crippen molar-refractivity contribution in [2.45, 2.75) is 37.8 Å². The lowest BCUT2D eigenvalue weighted by molar-refractivity contribution is 0.105. The Labute approximate surface area is 125 Å². The van der Waals surface area contributed by atoms with E-state index >= 15 is 0 Å². The molecule has 0 bridgehead atoms. The second kappa shape index (κ2) is 5.55. The summed E-state index contributed by atoms with van der Waals surface area (Å²) in [6.07, 6.45) is 0. The zero-order valence-corrected chi connectivity index (χ0v) is 13.6. The van der Waals surface area contributed by atoms with Crippen LogP contribution in [0.15, 0.2) is 17.0 Å². The van der Waals surface area contributed by atoms with Crippen molar-refractivity contribution in [3.63, 3.8) is 0 Å². The predicted molar refractivity (Wildman–Crippen MR) is 81.0 cm³/mol. The quantitative estimate of drug-likeness (QED) is 0.839. The maximum absolute atomic E-state index is 13.4. The van der Waals surface area contributed by atoms with Crippen LogP contribution >= 0.6 is 0 Å². The lowest BCUT2D eigenvalue weighted by Gasteiger charge is -2.41. The minimum Gasteiger partial charge on any atom is -0.396 e. The molecule has 0 radical (unpaired) electrons. The number of likely N-dealkylation sites (N-methyl/N-ethyl adjacent to an activating group) is 1. The van der Waals surface area contributed by atoms with Crippen LogP contribution in [0.1, 0.15) is 19.4 Å². The molecule has 1 aromatic rings. The Balaban J connectivity index is 2.41. The Kier molecular flexibility index (Phi) is 4.28. The van der Waals surface area contributed by atoms with E-state index in [4.69, 9.17) is 5.73 Å². The summed E-state index contributed by atoms with van der Waals surface area (Å²) in [4.78, 5) is 2.24. The lowest BCUT2D eigenvalue weighted by atomic mass is 10.1. The lowest BCUT2D eigenvalue weighted by Crippen LogP contribution is -2.56. The van der Waals surface area contributed by atoms with Gasteiger partial charge in [-0.2, -0.15) is 4.31 Å². The third kappa shape index (κ3) is 2.90. The van der Waals surface area contributed by atoms with Gasteiger partial charge in [-0.3, -0.25) is 4.90 Å². The van der Waals surface area contributed by atoms with Gasteiger partial charge in [0.25, 0.3) is 0 Å². The molecule has 0 aliphatic carbocycles. The molecule has 21 heavy (non-hydrogen) atoms. The zero-order valence-electron chi connectivity index (χ0n) is 12.8. The normalized spacial score (nSPS) is 25.2. The highest BCUT2D eigenvalue weighted by Crippen LogP contribution is 2.27. The van der Waals surface area contributed by atoms with E-state index in [1.54, 1.807) is 6.92 Å². The van der Waals surface area contributed by atoms with Gasteiger partial charge in [-0.15, -0.1) is 0 Å². The van der Waals surface area contributed by atoms with Crippen molar-refractivity contribution in [1.29, 1.82) is 0 Å². The summed E-state index contributed by atoms with van der Waals surface area (Å²) in [5.41, 5.74) is 5.76. The van der Waals surface area contributed by atoms with Crippen LogP contribution in [0.5, 0.6) is 0 Å². The first-order chi connectivity index (χ1) is 9.64. The number of sulfonamides is 1. The summed E-state index contributed by atoms with van der Waals surface area (Å²) in [6.45, 7) is 6.40. The molecular formula is C14H22FN3O2S. The number of rotatable bonds is 2. The highest BCUT2D eigenvalue weighted by atomic mass is 32.2. The Morgan fingerprint density at radius 1 is 1.24 bits per heavy atom. The average molecular weight is 315 g/mol. The van der Waals surface area contributed by atoms with Crippen LogP contribution in [0.4, 0.5) is 10.1 Å². The fourth-order valence-electron chi connectivity index (χ4n) is 2.64. The third-order valence-electron chi connectivity index (χ3n) is 4.24. The standard InChI is InChI=1S/C14H22FN3O2S/c1-9-5-12(15)13(16)6-14(9)21(19,20)18-7-10(2)17(4)11(3)8-18/h5-6,10-11H,7-8,16H2,1-4H3. The van der Waals surface area contributed by atoms with Gasteiger partial charge in [-0.05, 0) is 45.5 Å². The van der Waals surface area contributed by atoms with Crippen LogP contribution in [0.3, 0.4) is 0 Å². The van der Waals surface area contributed by atoms with Gasteiger partial charge >= 0.3 is 0 Å². The van der Waals surface area contributed by atoms with Crippen LogP contribution in [-0.2, 0) is 10.0 Å². The summed E-state index contributed by atoms with van der Waals surface area (Å²) < 4.78 is 40.5. The Bertz CT molecular complexity index is 636. The number of halogens is 1. The molecule has 1 saturated heterocycles. The second-order valence-corrected chi connectivity index (χ2v) is 7.73. The molecule has 1 aliphatic heterocycles. The number of anilines is 1. The minimum atomic E-state index is -3.66. The molecule has 2 atom stereocenters. The van der Waals surface area contributed by atoms with E-state index in [2.05, 4.69) is 4.90 Å². The highest BCUT2D eigenvalue weighted by Gasteiger charge is 2.35. The second-order valence-electron chi connectivity index (χ2n) is 5.82. The fourth-order valence-corrected chi connectivity index (χ4v) is 4.48. The number of nitrogen functional groups attached to an aromatic ring is 1. The summed E-state index contributed by atoms with van der Waals surface area (Å²) >= 11 is 0. The summed E-state index contributed by atoms with van der Waals surface area (Å²) in [5.74, 6) is -0.591. The van der Waals surface area contributed by atoms with E-state index in [-0.39, 0.29) is 22.7 Å². The number of nitrogens with two attached hydrogens (primary N) is 1. The molecular weight excluding hydrogens is 293 g/mol. The molecule has 118 valence electrons. The first kappa shape index (κ1) is 16.2. The maximum atomic E-state index is 13.4. The fraction of sp³-hybridized carbons (Fsp3) is 0.571. The number of nitrogens with zero attached hydrogens (tertiary/aromatic N) is 2.